The van der Waals surface area contributed by atoms with E-state index < -0.39 is 0 Å². The molecule has 5 rings (SSSR count). The van der Waals surface area contributed by atoms with Gasteiger partial charge in [0.2, 0.25) is 0 Å². The second-order valence-electron chi connectivity index (χ2n) is 8.17. The van der Waals surface area contributed by atoms with Crippen molar-refractivity contribution in [3.63, 3.8) is 0 Å². The molecule has 7 heteroatoms. The number of rotatable bonds is 5. The summed E-state index contributed by atoms with van der Waals surface area (Å²) >= 11 is 0. The smallest absolute Gasteiger partial charge is 0.168 e. The molecule has 1 atom stereocenters. The number of pyridine rings is 1. The number of nitrogens with one attached hydrogen (secondary N) is 1. The summed E-state index contributed by atoms with van der Waals surface area (Å²) in [5.74, 6) is 2.17. The monoisotopic (exact) mass is 432 g/mol. The molecule has 32 heavy (non-hydrogen) atoms. The highest BCUT2D eigenvalue weighted by Gasteiger charge is 2.21. The second-order valence-corrected chi connectivity index (χ2v) is 8.17. The van der Waals surface area contributed by atoms with Crippen LogP contribution in [0.5, 0.6) is 17.2 Å². The number of ether oxygens (including phenoxy) is 3. The van der Waals surface area contributed by atoms with Gasteiger partial charge in [0, 0.05) is 47.4 Å². The average molecular weight is 433 g/mol. The van der Waals surface area contributed by atoms with Crippen LogP contribution in [0.25, 0.3) is 16.8 Å². The van der Waals surface area contributed by atoms with Crippen LogP contribution in [0, 0.1) is 0 Å². The maximum absolute atomic E-state index is 6.56. The summed E-state index contributed by atoms with van der Waals surface area (Å²) in [6.45, 7) is 2.60. The Morgan fingerprint density at radius 1 is 1.12 bits per heavy atom. The van der Waals surface area contributed by atoms with E-state index in [0.29, 0.717) is 18.0 Å². The molecular weight excluding hydrogens is 404 g/mol. The third-order valence-corrected chi connectivity index (χ3v) is 6.18. The molecule has 3 N–H and O–H groups in total. The number of nitrogen functional groups attached to an aromatic ring is 1. The van der Waals surface area contributed by atoms with Gasteiger partial charge in [-0.15, -0.1) is 0 Å². The Balaban J connectivity index is 1.46. The number of methoxy groups -OCH3 is 2. The standard InChI is InChI=1S/C25H28N4O3/c1-30-23-6-5-21-22(25(23)31-2)10-16-15-29(9-7-20(16)24(21)26)17-11-19(14-28-12-17)32-18-4-3-8-27-13-18/h5-7,9-12,14,18,27H,3-4,8,13,15,26H2,1-2H3/t18-/m1/s1. The molecule has 7 nitrogen and oxygen atoms in total. The van der Waals surface area contributed by atoms with Crippen molar-refractivity contribution < 1.29 is 14.2 Å². The van der Waals surface area contributed by atoms with Crippen molar-refractivity contribution in [2.75, 3.05) is 37.9 Å². The van der Waals surface area contributed by atoms with E-state index >= 15 is 0 Å². The first kappa shape index (κ1) is 20.5. The predicted molar refractivity (Wildman–Crippen MR) is 127 cm³/mol. The first-order chi connectivity index (χ1) is 15.7. The number of benzene rings is 2. The van der Waals surface area contributed by atoms with Crippen molar-refractivity contribution in [1.29, 1.82) is 0 Å². The number of aromatic nitrogens is 1. The summed E-state index contributed by atoms with van der Waals surface area (Å²) in [5, 5.41) is 5.28. The largest absolute Gasteiger partial charge is 0.493 e. The third kappa shape index (κ3) is 3.69. The molecule has 3 heterocycles. The van der Waals surface area contributed by atoms with Gasteiger partial charge >= 0.3 is 0 Å². The molecule has 1 fully saturated rings. The molecule has 2 aliphatic heterocycles. The van der Waals surface area contributed by atoms with Crippen LogP contribution in [0.3, 0.4) is 0 Å². The molecule has 1 aromatic heterocycles. The van der Waals surface area contributed by atoms with E-state index in [0.717, 1.165) is 65.0 Å². The van der Waals surface area contributed by atoms with Gasteiger partial charge in [0.1, 0.15) is 11.9 Å². The van der Waals surface area contributed by atoms with Crippen molar-refractivity contribution in [2.24, 2.45) is 0 Å². The molecule has 2 aromatic carbocycles. The zero-order valence-electron chi connectivity index (χ0n) is 18.4. The quantitative estimate of drug-likeness (QED) is 0.591. The molecule has 2 aliphatic rings. The highest BCUT2D eigenvalue weighted by molar-refractivity contribution is 6.03. The Kier molecular flexibility index (Phi) is 5.49. The molecule has 0 amide bonds. The lowest BCUT2D eigenvalue weighted by molar-refractivity contribution is 0.166. The Morgan fingerprint density at radius 3 is 2.81 bits per heavy atom. The molecule has 0 radical (unpaired) electrons. The molecular formula is C25H28N4O3. The molecule has 0 saturated carbocycles. The summed E-state index contributed by atoms with van der Waals surface area (Å²) in [6, 6.07) is 8.06. The first-order valence-corrected chi connectivity index (χ1v) is 10.9. The Hall–Kier alpha value is -3.45. The van der Waals surface area contributed by atoms with Gasteiger partial charge in [-0.05, 0) is 49.2 Å². The zero-order chi connectivity index (χ0) is 22.1. The molecule has 0 spiro atoms. The number of piperidine rings is 1. The minimum absolute atomic E-state index is 0.187. The number of fused-ring (bicyclic) bond motifs is 2. The van der Waals surface area contributed by atoms with E-state index in [1.54, 1.807) is 20.4 Å². The van der Waals surface area contributed by atoms with Crippen LogP contribution in [0.2, 0.25) is 0 Å². The van der Waals surface area contributed by atoms with Crippen molar-refractivity contribution in [3.05, 3.63) is 54.0 Å². The van der Waals surface area contributed by atoms with Crippen LogP contribution in [0.15, 0.2) is 42.9 Å². The summed E-state index contributed by atoms with van der Waals surface area (Å²) in [6.07, 6.45) is 10.1. The van der Waals surface area contributed by atoms with Gasteiger partial charge in [0.05, 0.1) is 32.3 Å². The summed E-state index contributed by atoms with van der Waals surface area (Å²) in [5.41, 5.74) is 10.4. The second kappa shape index (κ2) is 8.59. The summed E-state index contributed by atoms with van der Waals surface area (Å²) in [4.78, 5) is 6.57. The van der Waals surface area contributed by atoms with Crippen LogP contribution >= 0.6 is 0 Å². The first-order valence-electron chi connectivity index (χ1n) is 10.9. The minimum atomic E-state index is 0.187. The number of hydrogen-bond acceptors (Lipinski definition) is 7. The highest BCUT2D eigenvalue weighted by Crippen LogP contribution is 2.42. The van der Waals surface area contributed by atoms with Crippen LogP contribution in [0.4, 0.5) is 11.4 Å². The molecule has 3 aromatic rings. The number of hydrogen-bond donors (Lipinski definition) is 2. The number of nitrogens with two attached hydrogens (primary N) is 1. The average Bonchev–Trinajstić information content (AvgIpc) is 2.84. The maximum atomic E-state index is 6.56. The predicted octanol–water partition coefficient (Wildman–Crippen LogP) is 3.96. The van der Waals surface area contributed by atoms with Gasteiger partial charge in [-0.1, -0.05) is 0 Å². The van der Waals surface area contributed by atoms with Crippen molar-refractivity contribution in [3.8, 4) is 17.2 Å². The van der Waals surface area contributed by atoms with Crippen LogP contribution < -0.4 is 30.2 Å². The van der Waals surface area contributed by atoms with E-state index in [4.69, 9.17) is 19.9 Å². The topological polar surface area (TPSA) is 81.9 Å². The van der Waals surface area contributed by atoms with E-state index in [1.165, 1.54) is 0 Å². The number of anilines is 2. The fourth-order valence-corrected chi connectivity index (χ4v) is 4.55. The molecule has 0 aliphatic carbocycles. The summed E-state index contributed by atoms with van der Waals surface area (Å²) in [7, 11) is 3.29. The van der Waals surface area contributed by atoms with Gasteiger partial charge in [0.15, 0.2) is 11.5 Å². The molecule has 0 bridgehead atoms. The Morgan fingerprint density at radius 2 is 2.03 bits per heavy atom. The maximum Gasteiger partial charge on any atom is 0.168 e. The lowest BCUT2D eigenvalue weighted by Gasteiger charge is -2.28. The lowest BCUT2D eigenvalue weighted by Crippen LogP contribution is -2.37. The van der Waals surface area contributed by atoms with E-state index in [9.17, 15) is 0 Å². The molecule has 1 saturated heterocycles. The summed E-state index contributed by atoms with van der Waals surface area (Å²) < 4.78 is 17.3. The molecule has 166 valence electrons. The fourth-order valence-electron chi connectivity index (χ4n) is 4.55. The van der Waals surface area contributed by atoms with Gasteiger partial charge < -0.3 is 30.2 Å². The fraction of sp³-hybridized carbons (Fsp3) is 0.320. The van der Waals surface area contributed by atoms with Crippen molar-refractivity contribution in [1.82, 2.24) is 10.3 Å². The van der Waals surface area contributed by atoms with Gasteiger partial charge in [0.25, 0.3) is 0 Å². The van der Waals surface area contributed by atoms with Gasteiger partial charge in [-0.25, -0.2) is 0 Å². The van der Waals surface area contributed by atoms with E-state index in [-0.39, 0.29) is 6.10 Å². The van der Waals surface area contributed by atoms with Crippen LogP contribution in [-0.4, -0.2) is 38.4 Å². The molecule has 0 unspecified atom stereocenters. The van der Waals surface area contributed by atoms with Gasteiger partial charge in [-0.2, -0.15) is 0 Å². The van der Waals surface area contributed by atoms with Gasteiger partial charge in [-0.3, -0.25) is 4.98 Å². The SMILES string of the molecule is COc1ccc2c(N)c3c(cc2c1OC)CN(c1cncc(O[C@@H]2CCCNC2)c1)C=C3. The lowest BCUT2D eigenvalue weighted by atomic mass is 9.95. The van der Waals surface area contributed by atoms with Crippen molar-refractivity contribution >= 4 is 28.2 Å². The highest BCUT2D eigenvalue weighted by atomic mass is 16.5. The Labute approximate surface area is 187 Å². The van der Waals surface area contributed by atoms with Crippen LogP contribution in [-0.2, 0) is 6.54 Å². The van der Waals surface area contributed by atoms with Crippen LogP contribution in [0.1, 0.15) is 24.0 Å². The van der Waals surface area contributed by atoms with E-state index in [2.05, 4.69) is 27.3 Å². The number of nitrogens with zero attached hydrogens (tertiary/aromatic N) is 2. The van der Waals surface area contributed by atoms with Crippen molar-refractivity contribution in [2.45, 2.75) is 25.5 Å². The van der Waals surface area contributed by atoms with E-state index in [1.807, 2.05) is 30.6 Å². The normalized spacial score (nSPS) is 17.8. The third-order valence-electron chi connectivity index (χ3n) is 6.18. The zero-order valence-corrected chi connectivity index (χ0v) is 18.4. The minimum Gasteiger partial charge on any atom is -0.493 e. The Bertz CT molecular complexity index is 1170.